The number of hydrogen-bond acceptors (Lipinski definition) is 4. The van der Waals surface area contributed by atoms with Crippen molar-refractivity contribution in [3.05, 3.63) is 75.3 Å². The number of carbonyl (C=O) groups excluding carboxylic acids is 2. The second kappa shape index (κ2) is 8.04. The summed E-state index contributed by atoms with van der Waals surface area (Å²) in [7, 11) is 0. The van der Waals surface area contributed by atoms with Crippen LogP contribution in [0.4, 0.5) is 0 Å². The monoisotopic (exact) mass is 419 g/mol. The summed E-state index contributed by atoms with van der Waals surface area (Å²) in [4.78, 5) is 37.4. The molecule has 1 atom stereocenters. The molecule has 2 N–H and O–H groups in total. The number of carboxylic acids is 1. The summed E-state index contributed by atoms with van der Waals surface area (Å²) in [6.07, 6.45) is -0.352. The molecule has 2 aromatic carbocycles. The fourth-order valence-corrected chi connectivity index (χ4v) is 3.48. The lowest BCUT2D eigenvalue weighted by molar-refractivity contribution is -0.142. The van der Waals surface area contributed by atoms with Gasteiger partial charge in [-0.05, 0) is 35.9 Å². The van der Waals surface area contributed by atoms with Crippen molar-refractivity contribution in [3.8, 4) is 0 Å². The Kier molecular flexibility index (Phi) is 5.72. The van der Waals surface area contributed by atoms with Gasteiger partial charge in [0.05, 0.1) is 18.0 Å². The highest BCUT2D eigenvalue weighted by Gasteiger charge is 2.46. The molecule has 3 rings (SSSR count). The van der Waals surface area contributed by atoms with E-state index in [4.69, 9.17) is 28.3 Å². The van der Waals surface area contributed by atoms with Gasteiger partial charge in [-0.3, -0.25) is 14.4 Å². The summed E-state index contributed by atoms with van der Waals surface area (Å²) in [5.74, 6) is -3.28. The first-order valence-electron chi connectivity index (χ1n) is 8.32. The molecule has 1 unspecified atom stereocenters. The van der Waals surface area contributed by atoms with Gasteiger partial charge in [-0.2, -0.15) is 0 Å². The first kappa shape index (κ1) is 19.9. The molecule has 144 valence electrons. The van der Waals surface area contributed by atoms with Crippen LogP contribution >= 0.6 is 23.2 Å². The number of hydrogen-bond donors (Lipinski definition) is 2. The molecule has 0 saturated carbocycles. The topological polar surface area (TPSA) is 94.9 Å². The number of carboxylic acid groups (broad SMARTS) is 1. The zero-order valence-electron chi connectivity index (χ0n) is 14.4. The van der Waals surface area contributed by atoms with Gasteiger partial charge in [0.15, 0.2) is 0 Å². The standard InChI is InChI=1S/C20H15Cl2NO5/c21-12-7-5-11(6-8-12)18(26)16-17(13-3-1-2-4-14(13)22)23(10-9-15(24)25)20(28)19(16)27/h1-8,17,26H,9-10H2,(H,24,25)/b18-16-. The van der Waals surface area contributed by atoms with Crippen molar-refractivity contribution in [2.24, 2.45) is 0 Å². The third-order valence-corrected chi connectivity index (χ3v) is 5.02. The van der Waals surface area contributed by atoms with Crippen LogP contribution in [0.1, 0.15) is 23.6 Å². The molecule has 0 bridgehead atoms. The largest absolute Gasteiger partial charge is 0.507 e. The highest BCUT2D eigenvalue weighted by Crippen LogP contribution is 2.41. The van der Waals surface area contributed by atoms with Crippen molar-refractivity contribution in [2.75, 3.05) is 6.54 Å². The number of aliphatic carboxylic acids is 1. The van der Waals surface area contributed by atoms with Crippen molar-refractivity contribution in [1.29, 1.82) is 0 Å². The lowest BCUT2D eigenvalue weighted by Gasteiger charge is -2.25. The molecule has 0 spiro atoms. The van der Waals surface area contributed by atoms with Crippen LogP contribution in [0.2, 0.25) is 10.0 Å². The SMILES string of the molecule is O=C(O)CCN1C(=O)C(=O)/C(=C(\O)c2ccc(Cl)cc2)C1c1ccccc1Cl. The normalized spacial score (nSPS) is 18.5. The van der Waals surface area contributed by atoms with E-state index in [-0.39, 0.29) is 29.3 Å². The maximum Gasteiger partial charge on any atom is 0.305 e. The second-order valence-electron chi connectivity index (χ2n) is 6.16. The first-order chi connectivity index (χ1) is 13.3. The van der Waals surface area contributed by atoms with Crippen molar-refractivity contribution in [2.45, 2.75) is 12.5 Å². The predicted molar refractivity (Wildman–Crippen MR) is 104 cm³/mol. The predicted octanol–water partition coefficient (Wildman–Crippen LogP) is 3.89. The van der Waals surface area contributed by atoms with Gasteiger partial charge in [0, 0.05) is 22.2 Å². The van der Waals surface area contributed by atoms with Gasteiger partial charge in [0.25, 0.3) is 11.7 Å². The van der Waals surface area contributed by atoms with Crippen molar-refractivity contribution >= 4 is 46.6 Å². The molecule has 8 heteroatoms. The summed E-state index contributed by atoms with van der Waals surface area (Å²) >= 11 is 12.1. The smallest absolute Gasteiger partial charge is 0.305 e. The number of nitrogens with zero attached hydrogens (tertiary/aromatic N) is 1. The van der Waals surface area contributed by atoms with Crippen LogP contribution in [-0.2, 0) is 14.4 Å². The van der Waals surface area contributed by atoms with Crippen LogP contribution in [-0.4, -0.2) is 39.3 Å². The number of ketones is 1. The lowest BCUT2D eigenvalue weighted by atomic mass is 9.95. The molecule has 1 saturated heterocycles. The van der Waals surface area contributed by atoms with Gasteiger partial charge in [-0.25, -0.2) is 0 Å². The van der Waals surface area contributed by atoms with E-state index in [1.54, 1.807) is 36.4 Å². The third kappa shape index (κ3) is 3.74. The summed E-state index contributed by atoms with van der Waals surface area (Å²) in [6, 6.07) is 11.7. The molecule has 0 radical (unpaired) electrons. The van der Waals surface area contributed by atoms with E-state index in [0.29, 0.717) is 16.1 Å². The maximum absolute atomic E-state index is 12.7. The summed E-state index contributed by atoms with van der Waals surface area (Å²) in [5, 5.41) is 20.5. The zero-order valence-corrected chi connectivity index (χ0v) is 15.9. The number of rotatable bonds is 5. The Morgan fingerprint density at radius 3 is 2.25 bits per heavy atom. The summed E-state index contributed by atoms with van der Waals surface area (Å²) in [5.41, 5.74) is 0.577. The molecule has 6 nitrogen and oxygen atoms in total. The Labute approximate surface area is 170 Å². The van der Waals surface area contributed by atoms with E-state index in [0.717, 1.165) is 4.90 Å². The molecule has 2 aromatic rings. The van der Waals surface area contributed by atoms with Gasteiger partial charge in [0.1, 0.15) is 5.76 Å². The highest BCUT2D eigenvalue weighted by atomic mass is 35.5. The van der Waals surface area contributed by atoms with Crippen LogP contribution in [0.3, 0.4) is 0 Å². The van der Waals surface area contributed by atoms with E-state index < -0.39 is 23.7 Å². The Morgan fingerprint density at radius 1 is 1.00 bits per heavy atom. The molecule has 1 amide bonds. The molecular weight excluding hydrogens is 405 g/mol. The number of aliphatic hydroxyl groups is 1. The Bertz CT molecular complexity index is 984. The van der Waals surface area contributed by atoms with Gasteiger partial charge in [-0.1, -0.05) is 41.4 Å². The molecule has 0 aromatic heterocycles. The van der Waals surface area contributed by atoms with Crippen LogP contribution in [0.25, 0.3) is 5.76 Å². The Balaban J connectivity index is 2.18. The average Bonchev–Trinajstić information content (AvgIpc) is 2.91. The van der Waals surface area contributed by atoms with E-state index >= 15 is 0 Å². The third-order valence-electron chi connectivity index (χ3n) is 4.42. The number of carbonyl (C=O) groups is 3. The van der Waals surface area contributed by atoms with Crippen LogP contribution in [0.15, 0.2) is 54.1 Å². The minimum Gasteiger partial charge on any atom is -0.507 e. The minimum absolute atomic E-state index is 0.147. The number of aliphatic hydroxyl groups excluding tert-OH is 1. The van der Waals surface area contributed by atoms with Crippen molar-refractivity contribution in [1.82, 2.24) is 4.90 Å². The molecule has 1 heterocycles. The van der Waals surface area contributed by atoms with Gasteiger partial charge < -0.3 is 15.1 Å². The molecular formula is C20H15Cl2NO5. The lowest BCUT2D eigenvalue weighted by Crippen LogP contribution is -2.32. The molecule has 1 fully saturated rings. The quantitative estimate of drug-likeness (QED) is 0.435. The zero-order chi connectivity index (χ0) is 20.4. The second-order valence-corrected chi connectivity index (χ2v) is 7.01. The maximum atomic E-state index is 12.7. The fraction of sp³-hybridized carbons (Fsp3) is 0.150. The molecule has 28 heavy (non-hydrogen) atoms. The van der Waals surface area contributed by atoms with Gasteiger partial charge >= 0.3 is 5.97 Å². The van der Waals surface area contributed by atoms with Crippen molar-refractivity contribution < 1.29 is 24.6 Å². The van der Waals surface area contributed by atoms with Crippen LogP contribution < -0.4 is 0 Å². The number of halogens is 2. The first-order valence-corrected chi connectivity index (χ1v) is 9.07. The van der Waals surface area contributed by atoms with Crippen LogP contribution in [0.5, 0.6) is 0 Å². The van der Waals surface area contributed by atoms with Gasteiger partial charge in [0.2, 0.25) is 0 Å². The van der Waals surface area contributed by atoms with Crippen molar-refractivity contribution in [3.63, 3.8) is 0 Å². The van der Waals surface area contributed by atoms with E-state index in [9.17, 15) is 19.5 Å². The summed E-state index contributed by atoms with van der Waals surface area (Å²) < 4.78 is 0. The molecule has 1 aliphatic heterocycles. The highest BCUT2D eigenvalue weighted by molar-refractivity contribution is 6.47. The van der Waals surface area contributed by atoms with Gasteiger partial charge in [-0.15, -0.1) is 0 Å². The number of benzene rings is 2. The average molecular weight is 420 g/mol. The van der Waals surface area contributed by atoms with E-state index in [1.807, 2.05) is 0 Å². The Morgan fingerprint density at radius 2 is 1.64 bits per heavy atom. The number of Topliss-reactive ketones (excluding diaryl/α,β-unsaturated/α-hetero) is 1. The van der Waals surface area contributed by atoms with Crippen LogP contribution in [0, 0.1) is 0 Å². The van der Waals surface area contributed by atoms with E-state index in [1.165, 1.54) is 12.1 Å². The Hall–Kier alpha value is -2.83. The minimum atomic E-state index is -1.11. The summed E-state index contributed by atoms with van der Waals surface area (Å²) in [6.45, 7) is -0.201. The fourth-order valence-electron chi connectivity index (χ4n) is 3.11. The molecule has 1 aliphatic rings. The number of amides is 1. The molecule has 0 aliphatic carbocycles. The van der Waals surface area contributed by atoms with E-state index in [2.05, 4.69) is 0 Å². The number of likely N-dealkylation sites (tertiary alicyclic amines) is 1.